The van der Waals surface area contributed by atoms with Gasteiger partial charge in [0.15, 0.2) is 5.13 Å². The third-order valence-electron chi connectivity index (χ3n) is 2.74. The molecule has 0 saturated heterocycles. The minimum absolute atomic E-state index is 0.0662. The molecule has 0 spiro atoms. The first-order valence-electron chi connectivity index (χ1n) is 5.35. The summed E-state index contributed by atoms with van der Waals surface area (Å²) in [7, 11) is 1.67. The zero-order valence-electron chi connectivity index (χ0n) is 9.29. The molecule has 0 aromatic carbocycles. The van der Waals surface area contributed by atoms with Crippen molar-refractivity contribution in [1.29, 1.82) is 0 Å². The molecule has 6 nitrogen and oxygen atoms in total. The van der Waals surface area contributed by atoms with Gasteiger partial charge in [-0.15, -0.1) is 11.3 Å². The first-order chi connectivity index (χ1) is 8.28. The van der Waals surface area contributed by atoms with Crippen molar-refractivity contribution >= 4 is 16.5 Å². The van der Waals surface area contributed by atoms with E-state index in [4.69, 9.17) is 15.0 Å². The lowest BCUT2D eigenvalue weighted by Gasteiger charge is -2.07. The summed E-state index contributed by atoms with van der Waals surface area (Å²) in [5, 5.41) is 6.24. The Hall–Kier alpha value is -1.47. The van der Waals surface area contributed by atoms with Crippen molar-refractivity contribution in [2.45, 2.75) is 18.9 Å². The number of anilines is 1. The molecule has 1 unspecified atom stereocenters. The fourth-order valence-electron chi connectivity index (χ4n) is 1.75. The Morgan fingerprint density at radius 1 is 1.53 bits per heavy atom. The third-order valence-corrected chi connectivity index (χ3v) is 3.42. The number of hydrogen-bond donors (Lipinski definition) is 1. The molecule has 7 heteroatoms. The third kappa shape index (κ3) is 2.03. The van der Waals surface area contributed by atoms with Crippen LogP contribution in [0, 0.1) is 5.92 Å². The fourth-order valence-corrected chi connectivity index (χ4v) is 2.28. The van der Waals surface area contributed by atoms with Gasteiger partial charge in [-0.2, -0.15) is 4.98 Å². The normalized spacial score (nSPS) is 17.2. The second-order valence-corrected chi connectivity index (χ2v) is 4.91. The molecule has 17 heavy (non-hydrogen) atoms. The molecule has 2 aromatic heterocycles. The van der Waals surface area contributed by atoms with Crippen molar-refractivity contribution in [3.8, 4) is 11.6 Å². The van der Waals surface area contributed by atoms with Crippen molar-refractivity contribution in [3.05, 3.63) is 11.2 Å². The standard InChI is InChI=1S/C10H12N4O2S/c1-15-7(5-2-3-5)8-13-9(16-14-8)6-4-17-10(11)12-6/h4-5,7H,2-3H2,1H3,(H2,11,12). The monoisotopic (exact) mass is 252 g/mol. The number of nitrogens with zero attached hydrogens (tertiary/aromatic N) is 3. The van der Waals surface area contributed by atoms with Crippen molar-refractivity contribution in [3.63, 3.8) is 0 Å². The molecule has 90 valence electrons. The summed E-state index contributed by atoms with van der Waals surface area (Å²) >= 11 is 1.35. The van der Waals surface area contributed by atoms with Gasteiger partial charge < -0.3 is 15.0 Å². The predicted octanol–water partition coefficient (Wildman–Crippen LogP) is 1.87. The summed E-state index contributed by atoms with van der Waals surface area (Å²) in [6, 6.07) is 0. The van der Waals surface area contributed by atoms with E-state index in [1.54, 1.807) is 12.5 Å². The van der Waals surface area contributed by atoms with Crippen LogP contribution in [0.25, 0.3) is 11.6 Å². The van der Waals surface area contributed by atoms with Gasteiger partial charge in [0.25, 0.3) is 5.89 Å². The Morgan fingerprint density at radius 2 is 2.35 bits per heavy atom. The van der Waals surface area contributed by atoms with Crippen LogP contribution < -0.4 is 5.73 Å². The lowest BCUT2D eigenvalue weighted by atomic mass is 10.2. The van der Waals surface area contributed by atoms with Gasteiger partial charge in [-0.05, 0) is 18.8 Å². The smallest absolute Gasteiger partial charge is 0.277 e. The number of methoxy groups -OCH3 is 1. The van der Waals surface area contributed by atoms with Crippen LogP contribution in [0.1, 0.15) is 24.8 Å². The number of hydrogen-bond acceptors (Lipinski definition) is 7. The molecule has 1 fully saturated rings. The highest BCUT2D eigenvalue weighted by Gasteiger charge is 2.35. The summed E-state index contributed by atoms with van der Waals surface area (Å²) in [6.07, 6.45) is 2.25. The Labute approximate surface area is 102 Å². The zero-order chi connectivity index (χ0) is 11.8. The van der Waals surface area contributed by atoms with Gasteiger partial charge in [0, 0.05) is 12.5 Å². The molecule has 3 rings (SSSR count). The minimum Gasteiger partial charge on any atom is -0.375 e. The average Bonchev–Trinajstić information content (AvgIpc) is 2.87. The van der Waals surface area contributed by atoms with Crippen molar-refractivity contribution in [2.75, 3.05) is 12.8 Å². The van der Waals surface area contributed by atoms with E-state index in [1.165, 1.54) is 11.3 Å². The van der Waals surface area contributed by atoms with Crippen LogP contribution in [-0.2, 0) is 4.74 Å². The van der Waals surface area contributed by atoms with E-state index in [-0.39, 0.29) is 6.10 Å². The van der Waals surface area contributed by atoms with Gasteiger partial charge in [0.1, 0.15) is 11.8 Å². The highest BCUT2D eigenvalue weighted by molar-refractivity contribution is 7.13. The van der Waals surface area contributed by atoms with Crippen LogP contribution in [0.3, 0.4) is 0 Å². The predicted molar refractivity (Wildman–Crippen MR) is 62.3 cm³/mol. The quantitative estimate of drug-likeness (QED) is 0.893. The SMILES string of the molecule is COC(c1noc(-c2csc(N)n2)n1)C1CC1. The lowest BCUT2D eigenvalue weighted by Crippen LogP contribution is -2.05. The molecule has 1 aliphatic rings. The molecular formula is C10H12N4O2S. The number of thiazole rings is 1. The Balaban J connectivity index is 1.86. The van der Waals surface area contributed by atoms with Gasteiger partial charge in [-0.3, -0.25) is 0 Å². The summed E-state index contributed by atoms with van der Waals surface area (Å²) in [6.45, 7) is 0. The molecule has 0 aliphatic heterocycles. The molecular weight excluding hydrogens is 240 g/mol. The van der Waals surface area contributed by atoms with E-state index in [0.717, 1.165) is 12.8 Å². The number of ether oxygens (including phenoxy) is 1. The summed E-state index contributed by atoms with van der Waals surface area (Å²) < 4.78 is 10.6. The number of nitrogen functional groups attached to an aromatic ring is 1. The maximum atomic E-state index is 5.56. The summed E-state index contributed by atoms with van der Waals surface area (Å²) in [5.74, 6) is 1.51. The number of aromatic nitrogens is 3. The van der Waals surface area contributed by atoms with Gasteiger partial charge in [0.05, 0.1) is 0 Å². The Kier molecular flexibility index (Phi) is 2.56. The maximum Gasteiger partial charge on any atom is 0.277 e. The van der Waals surface area contributed by atoms with Crippen LogP contribution in [0.15, 0.2) is 9.90 Å². The zero-order valence-corrected chi connectivity index (χ0v) is 10.1. The second-order valence-electron chi connectivity index (χ2n) is 4.02. The Morgan fingerprint density at radius 3 is 2.94 bits per heavy atom. The fraction of sp³-hybridized carbons (Fsp3) is 0.500. The molecule has 2 N–H and O–H groups in total. The van der Waals surface area contributed by atoms with Gasteiger partial charge in [-0.1, -0.05) is 5.16 Å². The first kappa shape index (κ1) is 10.7. The summed E-state index contributed by atoms with van der Waals surface area (Å²) in [4.78, 5) is 8.41. The van der Waals surface area contributed by atoms with Crippen LogP contribution in [0.2, 0.25) is 0 Å². The Bertz CT molecular complexity index is 520. The van der Waals surface area contributed by atoms with E-state index >= 15 is 0 Å². The highest BCUT2D eigenvalue weighted by Crippen LogP contribution is 2.42. The second kappa shape index (κ2) is 4.08. The van der Waals surface area contributed by atoms with E-state index < -0.39 is 0 Å². The van der Waals surface area contributed by atoms with E-state index in [9.17, 15) is 0 Å². The van der Waals surface area contributed by atoms with Gasteiger partial charge in [-0.25, -0.2) is 4.98 Å². The highest BCUT2D eigenvalue weighted by atomic mass is 32.1. The molecule has 0 amide bonds. The molecule has 0 bridgehead atoms. The van der Waals surface area contributed by atoms with E-state index in [2.05, 4.69) is 15.1 Å². The van der Waals surface area contributed by atoms with Gasteiger partial charge in [0.2, 0.25) is 5.82 Å². The van der Waals surface area contributed by atoms with Crippen molar-refractivity contribution in [2.24, 2.45) is 5.92 Å². The molecule has 1 aliphatic carbocycles. The molecule has 0 radical (unpaired) electrons. The first-order valence-corrected chi connectivity index (χ1v) is 6.23. The van der Waals surface area contributed by atoms with Gasteiger partial charge >= 0.3 is 0 Å². The molecule has 2 heterocycles. The van der Waals surface area contributed by atoms with Crippen molar-refractivity contribution < 1.29 is 9.26 Å². The largest absolute Gasteiger partial charge is 0.375 e. The molecule has 1 saturated carbocycles. The molecule has 2 aromatic rings. The number of nitrogens with two attached hydrogens (primary N) is 1. The average molecular weight is 252 g/mol. The van der Waals surface area contributed by atoms with E-state index in [0.29, 0.717) is 28.5 Å². The van der Waals surface area contributed by atoms with Crippen LogP contribution >= 0.6 is 11.3 Å². The molecule has 1 atom stereocenters. The maximum absolute atomic E-state index is 5.56. The van der Waals surface area contributed by atoms with Crippen LogP contribution in [0.5, 0.6) is 0 Å². The van der Waals surface area contributed by atoms with Crippen LogP contribution in [-0.4, -0.2) is 22.2 Å². The minimum atomic E-state index is -0.0662. The number of rotatable bonds is 4. The summed E-state index contributed by atoms with van der Waals surface area (Å²) in [5.41, 5.74) is 6.18. The van der Waals surface area contributed by atoms with Crippen molar-refractivity contribution in [1.82, 2.24) is 15.1 Å². The lowest BCUT2D eigenvalue weighted by molar-refractivity contribution is 0.0751. The topological polar surface area (TPSA) is 87.1 Å². The van der Waals surface area contributed by atoms with E-state index in [1.807, 2.05) is 0 Å². The van der Waals surface area contributed by atoms with Crippen LogP contribution in [0.4, 0.5) is 5.13 Å².